The summed E-state index contributed by atoms with van der Waals surface area (Å²) >= 11 is 0. The molecular weight excluding hydrogens is 256 g/mol. The highest BCUT2D eigenvalue weighted by Gasteiger charge is 2.20. The molecule has 0 saturated carbocycles. The number of nitrogens with zero attached hydrogens (tertiary/aromatic N) is 1. The third-order valence-corrected chi connectivity index (χ3v) is 3.85. The van der Waals surface area contributed by atoms with Gasteiger partial charge in [-0.3, -0.25) is 0 Å². The van der Waals surface area contributed by atoms with Crippen LogP contribution in [-0.4, -0.2) is 4.57 Å². The maximum absolute atomic E-state index is 3.60. The van der Waals surface area contributed by atoms with Crippen molar-refractivity contribution in [1.29, 1.82) is 0 Å². The van der Waals surface area contributed by atoms with Crippen molar-refractivity contribution >= 4 is 11.8 Å². The summed E-state index contributed by atoms with van der Waals surface area (Å²) in [5.74, 6) is 0. The highest BCUT2D eigenvalue weighted by Crippen LogP contribution is 2.34. The monoisotopic (exact) mass is 272 g/mol. The van der Waals surface area contributed by atoms with Gasteiger partial charge in [-0.05, 0) is 29.8 Å². The van der Waals surface area contributed by atoms with Crippen molar-refractivity contribution < 1.29 is 0 Å². The van der Waals surface area contributed by atoms with Crippen LogP contribution < -0.4 is 5.32 Å². The molecule has 1 atom stereocenters. The molecule has 0 radical (unpaired) electrons. The number of anilines is 1. The molecule has 102 valence electrons. The van der Waals surface area contributed by atoms with Crippen LogP contribution in [0.5, 0.6) is 0 Å². The van der Waals surface area contributed by atoms with Gasteiger partial charge in [-0.1, -0.05) is 54.6 Å². The lowest BCUT2D eigenvalue weighted by atomic mass is 10.1. The molecule has 0 spiro atoms. The molecule has 0 saturated heterocycles. The van der Waals surface area contributed by atoms with Crippen LogP contribution in [0.3, 0.4) is 0 Å². The molecule has 2 aromatic carbocycles. The van der Waals surface area contributed by atoms with Gasteiger partial charge in [0, 0.05) is 11.9 Å². The van der Waals surface area contributed by atoms with Crippen LogP contribution >= 0.6 is 0 Å². The molecule has 1 unspecified atom stereocenters. The summed E-state index contributed by atoms with van der Waals surface area (Å²) in [5.41, 5.74) is 4.86. The minimum absolute atomic E-state index is 0.190. The van der Waals surface area contributed by atoms with E-state index >= 15 is 0 Å². The van der Waals surface area contributed by atoms with Crippen LogP contribution in [0.2, 0.25) is 0 Å². The van der Waals surface area contributed by atoms with Gasteiger partial charge in [0.2, 0.25) is 0 Å². The molecule has 2 nitrogen and oxygen atoms in total. The molecule has 21 heavy (non-hydrogen) atoms. The number of rotatable bonds is 2. The zero-order chi connectivity index (χ0) is 14.1. The van der Waals surface area contributed by atoms with Crippen LogP contribution in [0.15, 0.2) is 79.0 Å². The second-order valence-electron chi connectivity index (χ2n) is 5.21. The predicted octanol–water partition coefficient (Wildman–Crippen LogP) is 4.66. The third-order valence-electron chi connectivity index (χ3n) is 3.85. The van der Waals surface area contributed by atoms with E-state index in [2.05, 4.69) is 88.9 Å². The van der Waals surface area contributed by atoms with Gasteiger partial charge >= 0.3 is 0 Å². The van der Waals surface area contributed by atoms with Gasteiger partial charge in [-0.25, -0.2) is 0 Å². The Labute approximate surface area is 124 Å². The standard InChI is InChI=1S/C19H16N2/c1-2-7-15(8-3-1)12-13-17-19-11-6-14-21(19)18-10-5-4-9-16(18)20-17/h1-14,17,20H. The molecule has 1 aliphatic rings. The fourth-order valence-electron chi connectivity index (χ4n) is 2.83. The van der Waals surface area contributed by atoms with E-state index in [4.69, 9.17) is 0 Å². The summed E-state index contributed by atoms with van der Waals surface area (Å²) in [7, 11) is 0. The number of hydrogen-bond acceptors (Lipinski definition) is 1. The normalized spacial score (nSPS) is 16.3. The molecule has 0 aliphatic carbocycles. The van der Waals surface area contributed by atoms with Gasteiger partial charge in [0.05, 0.1) is 17.4 Å². The van der Waals surface area contributed by atoms with Crippen molar-refractivity contribution in [2.75, 3.05) is 5.32 Å². The Morgan fingerprint density at radius 3 is 2.57 bits per heavy atom. The zero-order valence-corrected chi connectivity index (χ0v) is 11.6. The Hall–Kier alpha value is -2.74. The number of hydrogen-bond donors (Lipinski definition) is 1. The fraction of sp³-hybridized carbons (Fsp3) is 0.0526. The highest BCUT2D eigenvalue weighted by atomic mass is 15.1. The largest absolute Gasteiger partial charge is 0.372 e. The van der Waals surface area contributed by atoms with Crippen LogP contribution in [-0.2, 0) is 0 Å². The third kappa shape index (κ3) is 2.15. The van der Waals surface area contributed by atoms with E-state index in [1.165, 1.54) is 22.6 Å². The lowest BCUT2D eigenvalue weighted by Gasteiger charge is -2.27. The first-order valence-corrected chi connectivity index (χ1v) is 7.18. The first kappa shape index (κ1) is 12.0. The second-order valence-corrected chi connectivity index (χ2v) is 5.21. The Bertz CT molecular complexity index is 784. The number of fused-ring (bicyclic) bond motifs is 3. The zero-order valence-electron chi connectivity index (χ0n) is 11.6. The lowest BCUT2D eigenvalue weighted by Crippen LogP contribution is -2.19. The summed E-state index contributed by atoms with van der Waals surface area (Å²) in [4.78, 5) is 0. The predicted molar refractivity (Wildman–Crippen MR) is 87.6 cm³/mol. The number of aromatic nitrogens is 1. The number of para-hydroxylation sites is 2. The molecule has 0 amide bonds. The summed E-state index contributed by atoms with van der Waals surface area (Å²) in [5, 5.41) is 3.60. The van der Waals surface area contributed by atoms with E-state index in [0.29, 0.717) is 0 Å². The molecule has 2 heterocycles. The maximum Gasteiger partial charge on any atom is 0.0857 e. The van der Waals surface area contributed by atoms with Crippen molar-refractivity contribution in [1.82, 2.24) is 4.57 Å². The van der Waals surface area contributed by atoms with Crippen molar-refractivity contribution in [3.63, 3.8) is 0 Å². The summed E-state index contributed by atoms with van der Waals surface area (Å²) in [6.45, 7) is 0. The Balaban J connectivity index is 1.72. The fourth-order valence-corrected chi connectivity index (χ4v) is 2.83. The number of nitrogens with one attached hydrogen (secondary N) is 1. The summed E-state index contributed by atoms with van der Waals surface area (Å²) in [6.07, 6.45) is 6.51. The van der Waals surface area contributed by atoms with E-state index in [1.54, 1.807) is 0 Å². The minimum atomic E-state index is 0.190. The van der Waals surface area contributed by atoms with E-state index < -0.39 is 0 Å². The Kier molecular flexibility index (Phi) is 2.86. The second kappa shape index (κ2) is 4.98. The summed E-state index contributed by atoms with van der Waals surface area (Å²) < 4.78 is 2.26. The maximum atomic E-state index is 3.60. The topological polar surface area (TPSA) is 17.0 Å². The van der Waals surface area contributed by atoms with E-state index in [-0.39, 0.29) is 6.04 Å². The molecule has 2 heteroatoms. The van der Waals surface area contributed by atoms with Gasteiger partial charge in [0.15, 0.2) is 0 Å². The lowest BCUT2D eigenvalue weighted by molar-refractivity contribution is 0.834. The average molecular weight is 272 g/mol. The van der Waals surface area contributed by atoms with Crippen LogP contribution in [0.25, 0.3) is 11.8 Å². The summed E-state index contributed by atoms with van der Waals surface area (Å²) in [6, 6.07) is 23.3. The van der Waals surface area contributed by atoms with Gasteiger partial charge in [0.25, 0.3) is 0 Å². The van der Waals surface area contributed by atoms with Crippen LogP contribution in [0.1, 0.15) is 17.3 Å². The number of benzene rings is 2. The molecular formula is C19H16N2. The van der Waals surface area contributed by atoms with Crippen LogP contribution in [0, 0.1) is 0 Å². The van der Waals surface area contributed by atoms with E-state index in [0.717, 1.165) is 0 Å². The molecule has 1 aromatic heterocycles. The molecule has 0 fully saturated rings. The van der Waals surface area contributed by atoms with Gasteiger partial charge in [0.1, 0.15) is 0 Å². The van der Waals surface area contributed by atoms with Gasteiger partial charge < -0.3 is 9.88 Å². The van der Waals surface area contributed by atoms with Gasteiger partial charge in [-0.15, -0.1) is 0 Å². The Morgan fingerprint density at radius 2 is 1.67 bits per heavy atom. The minimum Gasteiger partial charge on any atom is -0.372 e. The SMILES string of the molecule is C(=CC1Nc2ccccc2-n2cccc21)c1ccccc1. The molecule has 1 N–H and O–H groups in total. The quantitative estimate of drug-likeness (QED) is 0.718. The molecule has 4 rings (SSSR count). The van der Waals surface area contributed by atoms with E-state index in [9.17, 15) is 0 Å². The first-order valence-electron chi connectivity index (χ1n) is 7.18. The van der Waals surface area contributed by atoms with Crippen molar-refractivity contribution in [3.05, 3.63) is 90.3 Å². The first-order chi connectivity index (χ1) is 10.4. The van der Waals surface area contributed by atoms with E-state index in [1.807, 2.05) is 6.07 Å². The molecule has 0 bridgehead atoms. The van der Waals surface area contributed by atoms with Gasteiger partial charge in [-0.2, -0.15) is 0 Å². The highest BCUT2D eigenvalue weighted by molar-refractivity contribution is 5.67. The Morgan fingerprint density at radius 1 is 0.857 bits per heavy atom. The molecule has 3 aromatic rings. The van der Waals surface area contributed by atoms with Crippen LogP contribution in [0.4, 0.5) is 5.69 Å². The smallest absolute Gasteiger partial charge is 0.0857 e. The van der Waals surface area contributed by atoms with Crippen molar-refractivity contribution in [3.8, 4) is 5.69 Å². The molecule has 1 aliphatic heterocycles. The van der Waals surface area contributed by atoms with Crippen molar-refractivity contribution in [2.24, 2.45) is 0 Å². The van der Waals surface area contributed by atoms with Crippen molar-refractivity contribution in [2.45, 2.75) is 6.04 Å². The average Bonchev–Trinajstić information content (AvgIpc) is 3.04.